The molecule has 0 aromatic heterocycles. The van der Waals surface area contributed by atoms with Crippen molar-refractivity contribution in [2.45, 2.75) is 19.4 Å². The maximum Gasteiger partial charge on any atom is 0.251 e. The highest BCUT2D eigenvalue weighted by Gasteiger charge is 2.16. The molecular weight excluding hydrogens is 300 g/mol. The maximum atomic E-state index is 12.4. The highest BCUT2D eigenvalue weighted by Crippen LogP contribution is 2.19. The first-order valence-corrected chi connectivity index (χ1v) is 8.22. The lowest BCUT2D eigenvalue weighted by Gasteiger charge is -2.25. The number of ether oxygens (including phenoxy) is 1. The minimum Gasteiger partial charge on any atom is -0.497 e. The number of likely N-dealkylation sites (N-methyl/N-ethyl adjacent to an activating group) is 1. The molecule has 1 amide bonds. The third-order valence-electron chi connectivity index (χ3n) is 4.18. The summed E-state index contributed by atoms with van der Waals surface area (Å²) in [7, 11) is 5.64. The largest absolute Gasteiger partial charge is 0.497 e. The number of hydrogen-bond donors (Lipinski definition) is 1. The fourth-order valence-corrected chi connectivity index (χ4v) is 2.63. The Morgan fingerprint density at radius 2 is 1.88 bits per heavy atom. The molecule has 0 saturated heterocycles. The van der Waals surface area contributed by atoms with Crippen molar-refractivity contribution in [1.29, 1.82) is 0 Å². The van der Waals surface area contributed by atoms with Gasteiger partial charge in [-0.25, -0.2) is 0 Å². The second-order valence-electron chi connectivity index (χ2n) is 6.02. The van der Waals surface area contributed by atoms with Crippen molar-refractivity contribution in [1.82, 2.24) is 10.2 Å². The average molecular weight is 326 g/mol. The van der Waals surface area contributed by atoms with Crippen LogP contribution in [0.1, 0.15) is 34.5 Å². The van der Waals surface area contributed by atoms with Gasteiger partial charge in [-0.05, 0) is 49.8 Å². The lowest BCUT2D eigenvalue weighted by molar-refractivity contribution is 0.0941. The molecular formula is C20H26N2O2. The molecule has 0 heterocycles. The van der Waals surface area contributed by atoms with E-state index >= 15 is 0 Å². The first kappa shape index (κ1) is 18.0. The van der Waals surface area contributed by atoms with Gasteiger partial charge >= 0.3 is 0 Å². The van der Waals surface area contributed by atoms with Crippen molar-refractivity contribution in [3.63, 3.8) is 0 Å². The number of amides is 1. The number of carbonyl (C=O) groups excluding carboxylic acids is 1. The summed E-state index contributed by atoms with van der Waals surface area (Å²) in [5.74, 6) is 0.591. The molecule has 2 aromatic carbocycles. The monoisotopic (exact) mass is 326 g/mol. The smallest absolute Gasteiger partial charge is 0.251 e. The van der Waals surface area contributed by atoms with Crippen LogP contribution in [0, 0.1) is 0 Å². The summed E-state index contributed by atoms with van der Waals surface area (Å²) < 4.78 is 5.17. The van der Waals surface area contributed by atoms with Crippen LogP contribution in [0.15, 0.2) is 48.5 Å². The van der Waals surface area contributed by atoms with Crippen LogP contribution in [-0.2, 0) is 6.42 Å². The lowest BCUT2D eigenvalue weighted by Crippen LogP contribution is -2.34. The second-order valence-corrected chi connectivity index (χ2v) is 6.02. The Bertz CT molecular complexity index is 666. The zero-order valence-corrected chi connectivity index (χ0v) is 14.9. The summed E-state index contributed by atoms with van der Waals surface area (Å²) in [6, 6.07) is 15.9. The van der Waals surface area contributed by atoms with Crippen molar-refractivity contribution in [2.24, 2.45) is 0 Å². The van der Waals surface area contributed by atoms with E-state index in [2.05, 4.69) is 41.4 Å². The van der Waals surface area contributed by atoms with E-state index in [1.165, 1.54) is 11.1 Å². The summed E-state index contributed by atoms with van der Waals surface area (Å²) in [6.07, 6.45) is 1.03. The van der Waals surface area contributed by atoms with Gasteiger partial charge in [0.05, 0.1) is 13.2 Å². The molecule has 0 saturated carbocycles. The number of rotatable bonds is 7. The average Bonchev–Trinajstić information content (AvgIpc) is 2.62. The van der Waals surface area contributed by atoms with Crippen LogP contribution in [0.25, 0.3) is 0 Å². The first-order valence-electron chi connectivity index (χ1n) is 8.22. The van der Waals surface area contributed by atoms with E-state index in [1.54, 1.807) is 19.2 Å². The first-order chi connectivity index (χ1) is 11.5. The number of hydrogen-bond acceptors (Lipinski definition) is 3. The predicted molar refractivity (Wildman–Crippen MR) is 97.6 cm³/mol. The number of carbonyl (C=O) groups is 1. The standard InChI is InChI=1S/C20H26N2O2/c1-5-15-9-11-16(12-10-15)19(22(2)3)14-21-20(23)17-7-6-8-18(13-17)24-4/h6-13,19H,5,14H2,1-4H3,(H,21,23). The molecule has 1 N–H and O–H groups in total. The summed E-state index contributed by atoms with van der Waals surface area (Å²) in [5, 5.41) is 3.02. The predicted octanol–water partition coefficient (Wildman–Crippen LogP) is 3.29. The Hall–Kier alpha value is -2.33. The Kier molecular flexibility index (Phi) is 6.38. The second kappa shape index (κ2) is 8.50. The molecule has 4 nitrogen and oxygen atoms in total. The van der Waals surface area contributed by atoms with E-state index in [9.17, 15) is 4.79 Å². The molecule has 2 aromatic rings. The van der Waals surface area contributed by atoms with E-state index < -0.39 is 0 Å². The van der Waals surface area contributed by atoms with Gasteiger partial charge in [-0.2, -0.15) is 0 Å². The molecule has 128 valence electrons. The zero-order valence-electron chi connectivity index (χ0n) is 14.9. The third kappa shape index (κ3) is 4.59. The van der Waals surface area contributed by atoms with Crippen LogP contribution in [0.3, 0.4) is 0 Å². The van der Waals surface area contributed by atoms with Gasteiger partial charge in [0, 0.05) is 12.1 Å². The van der Waals surface area contributed by atoms with Gasteiger partial charge in [0.15, 0.2) is 0 Å². The van der Waals surface area contributed by atoms with Crippen LogP contribution in [0.2, 0.25) is 0 Å². The molecule has 1 atom stereocenters. The third-order valence-corrected chi connectivity index (χ3v) is 4.18. The fourth-order valence-electron chi connectivity index (χ4n) is 2.63. The van der Waals surface area contributed by atoms with Gasteiger partial charge in [0.2, 0.25) is 0 Å². The molecule has 1 unspecified atom stereocenters. The van der Waals surface area contributed by atoms with Crippen LogP contribution in [0.5, 0.6) is 5.75 Å². The molecule has 4 heteroatoms. The van der Waals surface area contributed by atoms with E-state index in [0.29, 0.717) is 17.9 Å². The number of nitrogens with zero attached hydrogens (tertiary/aromatic N) is 1. The van der Waals surface area contributed by atoms with Crippen molar-refractivity contribution < 1.29 is 9.53 Å². The highest BCUT2D eigenvalue weighted by atomic mass is 16.5. The summed E-state index contributed by atoms with van der Waals surface area (Å²) in [5.41, 5.74) is 3.12. The minimum atomic E-state index is -0.0917. The SMILES string of the molecule is CCc1ccc(C(CNC(=O)c2cccc(OC)c2)N(C)C)cc1. The molecule has 0 bridgehead atoms. The molecule has 0 aliphatic carbocycles. The Morgan fingerprint density at radius 3 is 2.46 bits per heavy atom. The topological polar surface area (TPSA) is 41.6 Å². The number of aryl methyl sites for hydroxylation is 1. The zero-order chi connectivity index (χ0) is 17.5. The molecule has 0 aliphatic rings. The summed E-state index contributed by atoms with van der Waals surface area (Å²) in [4.78, 5) is 14.5. The maximum absolute atomic E-state index is 12.4. The van der Waals surface area contributed by atoms with E-state index in [4.69, 9.17) is 4.74 Å². The van der Waals surface area contributed by atoms with Crippen LogP contribution >= 0.6 is 0 Å². The van der Waals surface area contributed by atoms with E-state index in [1.807, 2.05) is 26.2 Å². The summed E-state index contributed by atoms with van der Waals surface area (Å²) in [6.45, 7) is 2.70. The quantitative estimate of drug-likeness (QED) is 0.849. The van der Waals surface area contributed by atoms with Gasteiger partial charge in [-0.15, -0.1) is 0 Å². The molecule has 0 spiro atoms. The molecule has 0 aliphatic heterocycles. The van der Waals surface area contributed by atoms with Crippen LogP contribution in [0.4, 0.5) is 0 Å². The van der Waals surface area contributed by atoms with Crippen molar-refractivity contribution >= 4 is 5.91 Å². The Balaban J connectivity index is 2.06. The van der Waals surface area contributed by atoms with Gasteiger partial charge in [-0.1, -0.05) is 37.3 Å². The van der Waals surface area contributed by atoms with Gasteiger partial charge in [0.25, 0.3) is 5.91 Å². The van der Waals surface area contributed by atoms with Crippen molar-refractivity contribution in [3.05, 3.63) is 65.2 Å². The highest BCUT2D eigenvalue weighted by molar-refractivity contribution is 5.94. The molecule has 0 radical (unpaired) electrons. The lowest BCUT2D eigenvalue weighted by atomic mass is 10.0. The van der Waals surface area contributed by atoms with Crippen molar-refractivity contribution in [2.75, 3.05) is 27.7 Å². The van der Waals surface area contributed by atoms with Gasteiger partial charge in [0.1, 0.15) is 5.75 Å². The molecule has 0 fully saturated rings. The van der Waals surface area contributed by atoms with Crippen LogP contribution < -0.4 is 10.1 Å². The van der Waals surface area contributed by atoms with Gasteiger partial charge in [-0.3, -0.25) is 4.79 Å². The normalized spacial score (nSPS) is 12.0. The number of benzene rings is 2. The number of nitrogens with one attached hydrogen (secondary N) is 1. The number of methoxy groups -OCH3 is 1. The fraction of sp³-hybridized carbons (Fsp3) is 0.350. The Labute approximate surface area is 144 Å². The van der Waals surface area contributed by atoms with Crippen LogP contribution in [-0.4, -0.2) is 38.6 Å². The molecule has 24 heavy (non-hydrogen) atoms. The van der Waals surface area contributed by atoms with E-state index in [-0.39, 0.29) is 11.9 Å². The van der Waals surface area contributed by atoms with E-state index in [0.717, 1.165) is 6.42 Å². The summed E-state index contributed by atoms with van der Waals surface area (Å²) >= 11 is 0. The van der Waals surface area contributed by atoms with Gasteiger partial charge < -0.3 is 15.0 Å². The minimum absolute atomic E-state index is 0.0917. The van der Waals surface area contributed by atoms with Crippen molar-refractivity contribution in [3.8, 4) is 5.75 Å². The molecule has 2 rings (SSSR count). The Morgan fingerprint density at radius 1 is 1.17 bits per heavy atom.